The number of rotatable bonds is 4. The molecular formula is C15H21ClN2O. The number of carbonyl (C=O) groups is 1. The van der Waals surface area contributed by atoms with Crippen LogP contribution < -0.4 is 0 Å². The summed E-state index contributed by atoms with van der Waals surface area (Å²) in [7, 11) is 0. The normalized spacial score (nSPS) is 16.3. The lowest BCUT2D eigenvalue weighted by atomic mass is 9.93. The van der Waals surface area contributed by atoms with E-state index in [9.17, 15) is 4.79 Å². The molecule has 1 amide bonds. The largest absolute Gasteiger partial charge is 0.334 e. The molecule has 19 heavy (non-hydrogen) atoms. The first-order valence-electron chi connectivity index (χ1n) is 7.01. The molecule has 1 fully saturated rings. The van der Waals surface area contributed by atoms with E-state index in [1.165, 1.54) is 19.3 Å². The molecule has 104 valence electrons. The molecule has 2 rings (SSSR count). The van der Waals surface area contributed by atoms with Gasteiger partial charge in [-0.1, -0.05) is 19.3 Å². The first-order chi connectivity index (χ1) is 9.24. The van der Waals surface area contributed by atoms with E-state index in [0.29, 0.717) is 18.5 Å². The Bertz CT molecular complexity index is 430. The molecule has 1 aromatic heterocycles. The number of aromatic nitrogens is 1. The van der Waals surface area contributed by atoms with Gasteiger partial charge in [-0.2, -0.15) is 0 Å². The number of carbonyl (C=O) groups excluding carboxylic acids is 1. The maximum Gasteiger partial charge on any atom is 0.254 e. The molecule has 1 heterocycles. The van der Waals surface area contributed by atoms with Crippen LogP contribution in [0.3, 0.4) is 0 Å². The van der Waals surface area contributed by atoms with Crippen LogP contribution in [0.1, 0.15) is 48.0 Å². The fourth-order valence-electron chi connectivity index (χ4n) is 2.80. The van der Waals surface area contributed by atoms with Crippen molar-refractivity contribution in [2.24, 2.45) is 0 Å². The first kappa shape index (κ1) is 14.3. The standard InChI is InChI=1S/C15H21ClN2O/c1-12-11-17-9-7-14(12)15(19)18(10-8-16)13-5-3-2-4-6-13/h7,9,11,13H,2-6,8,10H2,1H3. The van der Waals surface area contributed by atoms with E-state index in [1.807, 2.05) is 17.9 Å². The molecule has 0 aliphatic heterocycles. The van der Waals surface area contributed by atoms with Gasteiger partial charge in [-0.3, -0.25) is 9.78 Å². The van der Waals surface area contributed by atoms with Crippen molar-refractivity contribution in [3.05, 3.63) is 29.6 Å². The van der Waals surface area contributed by atoms with Gasteiger partial charge < -0.3 is 4.90 Å². The highest BCUT2D eigenvalue weighted by Gasteiger charge is 2.26. The van der Waals surface area contributed by atoms with Crippen molar-refractivity contribution in [3.8, 4) is 0 Å². The highest BCUT2D eigenvalue weighted by molar-refractivity contribution is 6.18. The average Bonchev–Trinajstić information content (AvgIpc) is 2.45. The fraction of sp³-hybridized carbons (Fsp3) is 0.600. The average molecular weight is 281 g/mol. The molecule has 4 heteroatoms. The number of alkyl halides is 1. The second-order valence-electron chi connectivity index (χ2n) is 5.17. The smallest absolute Gasteiger partial charge is 0.254 e. The van der Waals surface area contributed by atoms with E-state index in [-0.39, 0.29) is 5.91 Å². The lowest BCUT2D eigenvalue weighted by molar-refractivity contribution is 0.0649. The second kappa shape index (κ2) is 6.90. The number of pyridine rings is 1. The Morgan fingerprint density at radius 3 is 2.79 bits per heavy atom. The Morgan fingerprint density at radius 2 is 2.16 bits per heavy atom. The van der Waals surface area contributed by atoms with Gasteiger partial charge in [0, 0.05) is 36.4 Å². The summed E-state index contributed by atoms with van der Waals surface area (Å²) in [5.74, 6) is 0.597. The van der Waals surface area contributed by atoms with Crippen molar-refractivity contribution in [1.29, 1.82) is 0 Å². The molecule has 1 aliphatic rings. The van der Waals surface area contributed by atoms with Crippen LogP contribution in [0.4, 0.5) is 0 Å². The lowest BCUT2D eigenvalue weighted by Gasteiger charge is -2.34. The zero-order valence-electron chi connectivity index (χ0n) is 11.4. The third-order valence-corrected chi connectivity index (χ3v) is 4.02. The number of amides is 1. The third kappa shape index (κ3) is 3.47. The van der Waals surface area contributed by atoms with Gasteiger partial charge in [-0.15, -0.1) is 11.6 Å². The molecule has 0 bridgehead atoms. The van der Waals surface area contributed by atoms with E-state index in [2.05, 4.69) is 4.98 Å². The quantitative estimate of drug-likeness (QED) is 0.792. The Morgan fingerprint density at radius 1 is 1.42 bits per heavy atom. The summed E-state index contributed by atoms with van der Waals surface area (Å²) >= 11 is 5.88. The lowest BCUT2D eigenvalue weighted by Crippen LogP contribution is -2.42. The summed E-state index contributed by atoms with van der Waals surface area (Å²) in [6.45, 7) is 2.56. The fourth-order valence-corrected chi connectivity index (χ4v) is 2.98. The maximum atomic E-state index is 12.7. The Hall–Kier alpha value is -1.09. The van der Waals surface area contributed by atoms with Crippen LogP contribution in [0.25, 0.3) is 0 Å². The zero-order chi connectivity index (χ0) is 13.7. The van der Waals surface area contributed by atoms with Crippen molar-refractivity contribution in [3.63, 3.8) is 0 Å². The minimum absolute atomic E-state index is 0.104. The molecule has 0 radical (unpaired) electrons. The number of halogens is 1. The molecule has 0 spiro atoms. The topological polar surface area (TPSA) is 33.2 Å². The molecule has 1 saturated carbocycles. The summed E-state index contributed by atoms with van der Waals surface area (Å²) in [6, 6.07) is 2.16. The van der Waals surface area contributed by atoms with E-state index in [1.54, 1.807) is 12.4 Å². The van der Waals surface area contributed by atoms with Crippen molar-refractivity contribution in [1.82, 2.24) is 9.88 Å². The highest BCUT2D eigenvalue weighted by Crippen LogP contribution is 2.24. The molecule has 0 saturated heterocycles. The predicted octanol–water partition coefficient (Wildman–Crippen LogP) is 3.40. The van der Waals surface area contributed by atoms with Crippen LogP contribution in [0.2, 0.25) is 0 Å². The first-order valence-corrected chi connectivity index (χ1v) is 7.55. The summed E-state index contributed by atoms with van der Waals surface area (Å²) in [6.07, 6.45) is 9.35. The SMILES string of the molecule is Cc1cnccc1C(=O)N(CCCl)C1CCCCC1. The minimum Gasteiger partial charge on any atom is -0.334 e. The molecular weight excluding hydrogens is 260 g/mol. The summed E-state index contributed by atoms with van der Waals surface area (Å²) in [4.78, 5) is 18.7. The van der Waals surface area contributed by atoms with Gasteiger partial charge in [-0.25, -0.2) is 0 Å². The monoisotopic (exact) mass is 280 g/mol. The number of nitrogens with zero attached hydrogens (tertiary/aromatic N) is 2. The van der Waals surface area contributed by atoms with E-state index in [4.69, 9.17) is 11.6 Å². The predicted molar refractivity (Wildman–Crippen MR) is 77.6 cm³/mol. The van der Waals surface area contributed by atoms with Crippen LogP contribution in [0.15, 0.2) is 18.5 Å². The minimum atomic E-state index is 0.104. The zero-order valence-corrected chi connectivity index (χ0v) is 12.2. The van der Waals surface area contributed by atoms with Gasteiger partial charge in [0.15, 0.2) is 0 Å². The molecule has 0 atom stereocenters. The van der Waals surface area contributed by atoms with Crippen molar-refractivity contribution in [2.45, 2.75) is 45.1 Å². The molecule has 1 aromatic rings. The van der Waals surface area contributed by atoms with Gasteiger partial charge in [0.05, 0.1) is 0 Å². The van der Waals surface area contributed by atoms with E-state index >= 15 is 0 Å². The van der Waals surface area contributed by atoms with Crippen LogP contribution in [-0.4, -0.2) is 34.3 Å². The van der Waals surface area contributed by atoms with Crippen LogP contribution in [0, 0.1) is 6.92 Å². The van der Waals surface area contributed by atoms with Crippen LogP contribution >= 0.6 is 11.6 Å². The number of aryl methyl sites for hydroxylation is 1. The molecule has 1 aliphatic carbocycles. The summed E-state index contributed by atoms with van der Waals surface area (Å²) < 4.78 is 0. The van der Waals surface area contributed by atoms with Crippen molar-refractivity contribution in [2.75, 3.05) is 12.4 Å². The molecule has 0 N–H and O–H groups in total. The molecule has 0 aromatic carbocycles. The Kier molecular flexibility index (Phi) is 5.20. The summed E-state index contributed by atoms with van der Waals surface area (Å²) in [5.41, 5.74) is 1.69. The maximum absolute atomic E-state index is 12.7. The third-order valence-electron chi connectivity index (χ3n) is 3.85. The van der Waals surface area contributed by atoms with Gasteiger partial charge in [-0.05, 0) is 31.4 Å². The molecule has 3 nitrogen and oxygen atoms in total. The van der Waals surface area contributed by atoms with Gasteiger partial charge >= 0.3 is 0 Å². The molecule has 0 unspecified atom stereocenters. The van der Waals surface area contributed by atoms with E-state index in [0.717, 1.165) is 24.0 Å². The van der Waals surface area contributed by atoms with E-state index < -0.39 is 0 Å². The summed E-state index contributed by atoms with van der Waals surface area (Å²) in [5, 5.41) is 0. The second-order valence-corrected chi connectivity index (χ2v) is 5.55. The van der Waals surface area contributed by atoms with Gasteiger partial charge in [0.25, 0.3) is 5.91 Å². The number of hydrogen-bond acceptors (Lipinski definition) is 2. The van der Waals surface area contributed by atoms with Gasteiger partial charge in [0.1, 0.15) is 0 Å². The highest BCUT2D eigenvalue weighted by atomic mass is 35.5. The van der Waals surface area contributed by atoms with Crippen molar-refractivity contribution < 1.29 is 4.79 Å². The number of hydrogen-bond donors (Lipinski definition) is 0. The Labute approximate surface area is 120 Å². The van der Waals surface area contributed by atoms with Crippen LogP contribution in [0.5, 0.6) is 0 Å². The van der Waals surface area contributed by atoms with Gasteiger partial charge in [0.2, 0.25) is 0 Å². The van der Waals surface area contributed by atoms with Crippen LogP contribution in [-0.2, 0) is 0 Å². The Balaban J connectivity index is 2.18. The van der Waals surface area contributed by atoms with Crippen molar-refractivity contribution >= 4 is 17.5 Å².